The molecule has 0 N–H and O–H groups in total. The fraction of sp³-hybridized carbons (Fsp3) is 0.250. The molecule has 1 aliphatic heterocycles. The molecule has 0 radical (unpaired) electrons. The second-order valence-electron chi connectivity index (χ2n) is 3.20. The van der Waals surface area contributed by atoms with Gasteiger partial charge in [0.25, 0.3) is 0 Å². The first-order valence-electron chi connectivity index (χ1n) is 4.72. The molecule has 1 heteroatoms. The minimum atomic E-state index is 0.991. The summed E-state index contributed by atoms with van der Waals surface area (Å²) in [7, 11) is 0. The molecular weight excluding hydrogens is 158 g/mol. The van der Waals surface area contributed by atoms with Crippen molar-refractivity contribution in [2.24, 2.45) is 4.99 Å². The third kappa shape index (κ3) is 1.69. The minimum absolute atomic E-state index is 0.991. The molecule has 1 aromatic carbocycles. The molecule has 1 aliphatic rings. The molecule has 0 aromatic heterocycles. The van der Waals surface area contributed by atoms with E-state index in [0.717, 1.165) is 18.5 Å². The highest BCUT2D eigenvalue weighted by Crippen LogP contribution is 2.23. The summed E-state index contributed by atoms with van der Waals surface area (Å²) in [5, 5.41) is 0. The summed E-state index contributed by atoms with van der Waals surface area (Å²) in [6, 6.07) is 8.26. The van der Waals surface area contributed by atoms with Gasteiger partial charge in [-0.3, -0.25) is 4.99 Å². The fourth-order valence-electron chi connectivity index (χ4n) is 1.49. The number of aliphatic imine (C=N–C) groups is 1. The average molecular weight is 171 g/mol. The minimum Gasteiger partial charge on any atom is -0.257 e. The van der Waals surface area contributed by atoms with Gasteiger partial charge in [0, 0.05) is 12.1 Å². The van der Waals surface area contributed by atoms with Crippen LogP contribution in [-0.4, -0.2) is 5.71 Å². The molecule has 0 fully saturated rings. The molecule has 0 aliphatic carbocycles. The van der Waals surface area contributed by atoms with Crippen molar-refractivity contribution in [3.63, 3.8) is 0 Å². The number of benzene rings is 1. The highest BCUT2D eigenvalue weighted by molar-refractivity contribution is 5.91. The SMILES string of the molecule is CCC1=Nc2ccccc2C=CC1. The second-order valence-corrected chi connectivity index (χ2v) is 3.20. The predicted octanol–water partition coefficient (Wildman–Crippen LogP) is 3.59. The van der Waals surface area contributed by atoms with Crippen LogP contribution in [0.1, 0.15) is 25.3 Å². The van der Waals surface area contributed by atoms with Gasteiger partial charge >= 0.3 is 0 Å². The molecule has 66 valence electrons. The van der Waals surface area contributed by atoms with Crippen LogP contribution in [-0.2, 0) is 0 Å². The van der Waals surface area contributed by atoms with E-state index < -0.39 is 0 Å². The number of allylic oxidation sites excluding steroid dienone is 1. The third-order valence-corrected chi connectivity index (χ3v) is 2.27. The van der Waals surface area contributed by atoms with Crippen LogP contribution in [0.25, 0.3) is 6.08 Å². The molecule has 0 saturated heterocycles. The molecule has 13 heavy (non-hydrogen) atoms. The third-order valence-electron chi connectivity index (χ3n) is 2.27. The number of hydrogen-bond donors (Lipinski definition) is 0. The molecule has 0 bridgehead atoms. The lowest BCUT2D eigenvalue weighted by atomic mass is 10.2. The predicted molar refractivity (Wildman–Crippen MR) is 57.5 cm³/mol. The summed E-state index contributed by atoms with van der Waals surface area (Å²) in [6.07, 6.45) is 6.37. The van der Waals surface area contributed by atoms with Gasteiger partial charge in [-0.2, -0.15) is 0 Å². The van der Waals surface area contributed by atoms with Gasteiger partial charge in [0.2, 0.25) is 0 Å². The Bertz CT molecular complexity index is 361. The number of nitrogens with zero attached hydrogens (tertiary/aromatic N) is 1. The van der Waals surface area contributed by atoms with E-state index in [1.807, 2.05) is 6.07 Å². The summed E-state index contributed by atoms with van der Waals surface area (Å²) in [4.78, 5) is 4.61. The van der Waals surface area contributed by atoms with E-state index in [0.29, 0.717) is 0 Å². The molecule has 2 rings (SSSR count). The first-order chi connectivity index (χ1) is 6.40. The van der Waals surface area contributed by atoms with Crippen LogP contribution in [0.4, 0.5) is 5.69 Å². The maximum Gasteiger partial charge on any atom is 0.0701 e. The molecule has 0 spiro atoms. The van der Waals surface area contributed by atoms with Gasteiger partial charge in [-0.05, 0) is 18.1 Å². The molecule has 0 atom stereocenters. The summed E-state index contributed by atoms with van der Waals surface area (Å²) >= 11 is 0. The van der Waals surface area contributed by atoms with E-state index in [1.165, 1.54) is 11.3 Å². The summed E-state index contributed by atoms with van der Waals surface area (Å²) < 4.78 is 0. The summed E-state index contributed by atoms with van der Waals surface area (Å²) in [5.74, 6) is 0. The van der Waals surface area contributed by atoms with Crippen molar-refractivity contribution in [1.29, 1.82) is 0 Å². The first-order valence-corrected chi connectivity index (χ1v) is 4.72. The van der Waals surface area contributed by atoms with Crippen LogP contribution in [0.2, 0.25) is 0 Å². The van der Waals surface area contributed by atoms with Crippen molar-refractivity contribution in [2.75, 3.05) is 0 Å². The summed E-state index contributed by atoms with van der Waals surface area (Å²) in [6.45, 7) is 2.15. The molecular formula is C12H13N. The monoisotopic (exact) mass is 171 g/mol. The Kier molecular flexibility index (Phi) is 2.26. The van der Waals surface area contributed by atoms with Gasteiger partial charge in [0.1, 0.15) is 0 Å². The van der Waals surface area contributed by atoms with Gasteiger partial charge in [-0.15, -0.1) is 0 Å². The van der Waals surface area contributed by atoms with Crippen molar-refractivity contribution in [3.8, 4) is 0 Å². The molecule has 0 unspecified atom stereocenters. The molecule has 0 amide bonds. The van der Waals surface area contributed by atoms with Gasteiger partial charge < -0.3 is 0 Å². The lowest BCUT2D eigenvalue weighted by molar-refractivity contribution is 1.21. The Morgan fingerprint density at radius 2 is 2.15 bits per heavy atom. The van der Waals surface area contributed by atoms with Crippen molar-refractivity contribution in [2.45, 2.75) is 19.8 Å². The average Bonchev–Trinajstić information content (AvgIpc) is 2.38. The van der Waals surface area contributed by atoms with E-state index in [9.17, 15) is 0 Å². The maximum absolute atomic E-state index is 4.61. The first kappa shape index (κ1) is 8.24. The number of para-hydroxylation sites is 1. The van der Waals surface area contributed by atoms with Crippen LogP contribution >= 0.6 is 0 Å². The van der Waals surface area contributed by atoms with Crippen LogP contribution in [0.3, 0.4) is 0 Å². The Morgan fingerprint density at radius 1 is 1.31 bits per heavy atom. The second kappa shape index (κ2) is 3.56. The highest BCUT2D eigenvalue weighted by Gasteiger charge is 2.02. The van der Waals surface area contributed by atoms with Crippen molar-refractivity contribution >= 4 is 17.5 Å². The van der Waals surface area contributed by atoms with Crippen molar-refractivity contribution in [1.82, 2.24) is 0 Å². The van der Waals surface area contributed by atoms with Crippen LogP contribution in [0.15, 0.2) is 35.3 Å². The fourth-order valence-corrected chi connectivity index (χ4v) is 1.49. The number of fused-ring (bicyclic) bond motifs is 1. The topological polar surface area (TPSA) is 12.4 Å². The molecule has 0 saturated carbocycles. The Balaban J connectivity index is 2.49. The van der Waals surface area contributed by atoms with Gasteiger partial charge in [-0.25, -0.2) is 0 Å². The summed E-state index contributed by atoms with van der Waals surface area (Å²) in [5.41, 5.74) is 3.60. The molecule has 1 nitrogen and oxygen atoms in total. The quantitative estimate of drug-likeness (QED) is 0.612. The van der Waals surface area contributed by atoms with E-state index in [1.54, 1.807) is 0 Å². The Morgan fingerprint density at radius 3 is 3.00 bits per heavy atom. The highest BCUT2D eigenvalue weighted by atomic mass is 14.7. The van der Waals surface area contributed by atoms with Crippen molar-refractivity contribution in [3.05, 3.63) is 35.9 Å². The molecule has 1 aromatic rings. The lowest BCUT2D eigenvalue weighted by Crippen LogP contribution is -1.91. The van der Waals surface area contributed by atoms with Crippen LogP contribution < -0.4 is 0 Å². The Hall–Kier alpha value is -1.37. The van der Waals surface area contributed by atoms with Crippen LogP contribution in [0.5, 0.6) is 0 Å². The van der Waals surface area contributed by atoms with E-state index in [2.05, 4.69) is 42.3 Å². The Labute approximate surface area is 78.8 Å². The standard InChI is InChI=1S/C12H13N/c1-2-11-8-5-7-10-6-3-4-9-12(10)13-11/h3-7,9H,2,8H2,1H3. The number of rotatable bonds is 1. The lowest BCUT2D eigenvalue weighted by Gasteiger charge is -1.99. The van der Waals surface area contributed by atoms with Gasteiger partial charge in [0.15, 0.2) is 0 Å². The van der Waals surface area contributed by atoms with E-state index in [4.69, 9.17) is 0 Å². The van der Waals surface area contributed by atoms with E-state index >= 15 is 0 Å². The number of hydrogen-bond acceptors (Lipinski definition) is 1. The van der Waals surface area contributed by atoms with Crippen LogP contribution in [0, 0.1) is 0 Å². The smallest absolute Gasteiger partial charge is 0.0701 e. The normalized spacial score (nSPS) is 14.7. The zero-order chi connectivity index (χ0) is 9.10. The van der Waals surface area contributed by atoms with Gasteiger partial charge in [0.05, 0.1) is 5.69 Å². The van der Waals surface area contributed by atoms with Gasteiger partial charge in [-0.1, -0.05) is 37.3 Å². The zero-order valence-corrected chi connectivity index (χ0v) is 7.83. The van der Waals surface area contributed by atoms with E-state index in [-0.39, 0.29) is 0 Å². The zero-order valence-electron chi connectivity index (χ0n) is 7.83. The van der Waals surface area contributed by atoms with Crippen molar-refractivity contribution < 1.29 is 0 Å². The molecule has 1 heterocycles. The maximum atomic E-state index is 4.61. The largest absolute Gasteiger partial charge is 0.257 e.